The van der Waals surface area contributed by atoms with Crippen molar-refractivity contribution in [2.45, 2.75) is 45.4 Å². The van der Waals surface area contributed by atoms with Gasteiger partial charge in [-0.25, -0.2) is 0 Å². The van der Waals surface area contributed by atoms with Crippen LogP contribution in [-0.2, 0) is 16.1 Å². The number of methoxy groups -OCH3 is 1. The largest absolute Gasteiger partial charge is 0.468 e. The van der Waals surface area contributed by atoms with Crippen LogP contribution in [0.2, 0.25) is 0 Å². The van der Waals surface area contributed by atoms with E-state index in [0.717, 1.165) is 18.5 Å². The number of benzene rings is 1. The number of aliphatic hydroxyl groups is 1. The molecule has 2 atom stereocenters. The van der Waals surface area contributed by atoms with E-state index < -0.39 is 12.1 Å². The van der Waals surface area contributed by atoms with Crippen molar-refractivity contribution >= 4 is 5.97 Å². The number of likely N-dealkylation sites (tertiary alicyclic amines) is 1. The average Bonchev–Trinajstić information content (AvgIpc) is 2.42. The third-order valence-corrected chi connectivity index (χ3v) is 4.10. The second-order valence-electron chi connectivity index (χ2n) is 5.57. The molecule has 0 radical (unpaired) electrons. The number of aryl methyl sites for hydroxylation is 2. The van der Waals surface area contributed by atoms with Gasteiger partial charge >= 0.3 is 5.97 Å². The number of piperidine rings is 1. The van der Waals surface area contributed by atoms with E-state index in [2.05, 4.69) is 32.0 Å². The number of aliphatic hydroxyl groups excluding tert-OH is 1. The molecule has 0 spiro atoms. The number of ether oxygens (including phenoxy) is 1. The fourth-order valence-electron chi connectivity index (χ4n) is 2.78. The zero-order chi connectivity index (χ0) is 14.7. The molecular weight excluding hydrogens is 254 g/mol. The van der Waals surface area contributed by atoms with Gasteiger partial charge in [0, 0.05) is 6.54 Å². The maximum absolute atomic E-state index is 11.9. The van der Waals surface area contributed by atoms with E-state index >= 15 is 0 Å². The monoisotopic (exact) mass is 277 g/mol. The molecule has 1 aromatic rings. The van der Waals surface area contributed by atoms with E-state index in [-0.39, 0.29) is 5.97 Å². The van der Waals surface area contributed by atoms with E-state index in [1.54, 1.807) is 0 Å². The maximum atomic E-state index is 11.9. The van der Waals surface area contributed by atoms with Gasteiger partial charge in [0.15, 0.2) is 0 Å². The van der Waals surface area contributed by atoms with Gasteiger partial charge in [-0.05, 0) is 49.9 Å². The number of esters is 1. The fraction of sp³-hybridized carbons (Fsp3) is 0.562. The van der Waals surface area contributed by atoms with Crippen molar-refractivity contribution in [1.29, 1.82) is 0 Å². The highest BCUT2D eigenvalue weighted by molar-refractivity contribution is 5.76. The molecule has 2 rings (SSSR count). The number of hydrogen-bond acceptors (Lipinski definition) is 4. The Labute approximate surface area is 120 Å². The molecule has 1 heterocycles. The molecule has 1 N–H and O–H groups in total. The predicted molar refractivity (Wildman–Crippen MR) is 77.4 cm³/mol. The second kappa shape index (κ2) is 6.37. The fourth-order valence-corrected chi connectivity index (χ4v) is 2.78. The van der Waals surface area contributed by atoms with Crippen LogP contribution in [0, 0.1) is 13.8 Å². The van der Waals surface area contributed by atoms with Gasteiger partial charge in [-0.3, -0.25) is 9.69 Å². The summed E-state index contributed by atoms with van der Waals surface area (Å²) in [6.07, 6.45) is 0.922. The standard InChI is InChI=1S/C16H23NO3/c1-11-6-7-13(9-12(11)2)10-17-8-4-5-14(18)15(17)16(19)20-3/h6-7,9,14-15,18H,4-5,8,10H2,1-3H3/t14-,15-/m1/s1. The van der Waals surface area contributed by atoms with Crippen LogP contribution in [0.3, 0.4) is 0 Å². The minimum Gasteiger partial charge on any atom is -0.468 e. The summed E-state index contributed by atoms with van der Waals surface area (Å²) in [5.74, 6) is -0.346. The molecule has 1 fully saturated rings. The van der Waals surface area contributed by atoms with Gasteiger partial charge in [-0.15, -0.1) is 0 Å². The summed E-state index contributed by atoms with van der Waals surface area (Å²) in [7, 11) is 1.37. The van der Waals surface area contributed by atoms with Crippen LogP contribution < -0.4 is 0 Å². The smallest absolute Gasteiger partial charge is 0.325 e. The average molecular weight is 277 g/mol. The van der Waals surface area contributed by atoms with Crippen LogP contribution in [-0.4, -0.2) is 41.8 Å². The summed E-state index contributed by atoms with van der Waals surface area (Å²) in [4.78, 5) is 13.9. The Kier molecular flexibility index (Phi) is 4.78. The van der Waals surface area contributed by atoms with E-state index in [0.29, 0.717) is 13.0 Å². The molecule has 0 aliphatic carbocycles. The quantitative estimate of drug-likeness (QED) is 0.856. The van der Waals surface area contributed by atoms with Gasteiger partial charge in [-0.2, -0.15) is 0 Å². The Morgan fingerprint density at radius 2 is 2.15 bits per heavy atom. The summed E-state index contributed by atoms with van der Waals surface area (Å²) in [5.41, 5.74) is 3.67. The zero-order valence-electron chi connectivity index (χ0n) is 12.4. The molecule has 1 aliphatic heterocycles. The molecule has 1 aliphatic rings. The predicted octanol–water partition coefficient (Wildman–Crippen LogP) is 1.80. The third kappa shape index (κ3) is 3.19. The van der Waals surface area contributed by atoms with Crippen LogP contribution in [0.5, 0.6) is 0 Å². The summed E-state index contributed by atoms with van der Waals surface area (Å²) in [6, 6.07) is 5.77. The summed E-state index contributed by atoms with van der Waals surface area (Å²) in [6.45, 7) is 5.64. The Balaban J connectivity index is 2.16. The van der Waals surface area contributed by atoms with Crippen LogP contribution in [0.25, 0.3) is 0 Å². The molecule has 20 heavy (non-hydrogen) atoms. The first-order chi connectivity index (χ1) is 9.52. The van der Waals surface area contributed by atoms with E-state index in [1.165, 1.54) is 18.2 Å². The number of carbonyl (C=O) groups is 1. The number of hydrogen-bond donors (Lipinski definition) is 1. The van der Waals surface area contributed by atoms with Gasteiger partial charge in [0.25, 0.3) is 0 Å². The van der Waals surface area contributed by atoms with Crippen LogP contribution in [0.15, 0.2) is 18.2 Å². The van der Waals surface area contributed by atoms with Gasteiger partial charge in [0.1, 0.15) is 6.04 Å². The highest BCUT2D eigenvalue weighted by atomic mass is 16.5. The summed E-state index contributed by atoms with van der Waals surface area (Å²) >= 11 is 0. The van der Waals surface area contributed by atoms with E-state index in [9.17, 15) is 9.90 Å². The lowest BCUT2D eigenvalue weighted by atomic mass is 9.97. The van der Waals surface area contributed by atoms with Crippen molar-refractivity contribution in [2.24, 2.45) is 0 Å². The van der Waals surface area contributed by atoms with Gasteiger partial charge < -0.3 is 9.84 Å². The van der Waals surface area contributed by atoms with Crippen molar-refractivity contribution in [3.63, 3.8) is 0 Å². The normalized spacial score (nSPS) is 23.6. The highest BCUT2D eigenvalue weighted by Crippen LogP contribution is 2.22. The first kappa shape index (κ1) is 15.0. The number of carbonyl (C=O) groups excluding carboxylic acids is 1. The molecule has 0 bridgehead atoms. The Bertz CT molecular complexity index is 487. The summed E-state index contributed by atoms with van der Waals surface area (Å²) < 4.78 is 4.83. The van der Waals surface area contributed by atoms with Gasteiger partial charge in [0.05, 0.1) is 13.2 Å². The van der Waals surface area contributed by atoms with Crippen molar-refractivity contribution in [2.75, 3.05) is 13.7 Å². The lowest BCUT2D eigenvalue weighted by molar-refractivity contribution is -0.154. The Morgan fingerprint density at radius 3 is 2.80 bits per heavy atom. The Hall–Kier alpha value is -1.39. The van der Waals surface area contributed by atoms with Crippen molar-refractivity contribution in [3.05, 3.63) is 34.9 Å². The molecular formula is C16H23NO3. The molecule has 0 unspecified atom stereocenters. The molecule has 4 nitrogen and oxygen atoms in total. The molecule has 4 heteroatoms. The lowest BCUT2D eigenvalue weighted by Crippen LogP contribution is -2.52. The number of nitrogens with zero attached hydrogens (tertiary/aromatic N) is 1. The molecule has 1 aromatic carbocycles. The third-order valence-electron chi connectivity index (χ3n) is 4.10. The molecule has 0 amide bonds. The molecule has 0 saturated carbocycles. The lowest BCUT2D eigenvalue weighted by Gasteiger charge is -2.37. The first-order valence-corrected chi connectivity index (χ1v) is 7.09. The molecule has 110 valence electrons. The Morgan fingerprint density at radius 1 is 1.40 bits per heavy atom. The van der Waals surface area contributed by atoms with Crippen LogP contribution in [0.1, 0.15) is 29.5 Å². The molecule has 0 aromatic heterocycles. The minimum atomic E-state index is -0.636. The highest BCUT2D eigenvalue weighted by Gasteiger charge is 2.36. The minimum absolute atomic E-state index is 0.346. The van der Waals surface area contributed by atoms with E-state index in [4.69, 9.17) is 4.74 Å². The first-order valence-electron chi connectivity index (χ1n) is 7.09. The van der Waals surface area contributed by atoms with Gasteiger partial charge in [-0.1, -0.05) is 18.2 Å². The van der Waals surface area contributed by atoms with Crippen molar-refractivity contribution in [1.82, 2.24) is 4.90 Å². The SMILES string of the molecule is COC(=O)[C@H]1[C@H](O)CCCN1Cc1ccc(C)c(C)c1. The topological polar surface area (TPSA) is 49.8 Å². The van der Waals surface area contributed by atoms with Crippen molar-refractivity contribution in [3.8, 4) is 0 Å². The zero-order valence-corrected chi connectivity index (χ0v) is 12.4. The van der Waals surface area contributed by atoms with Gasteiger partial charge in [0.2, 0.25) is 0 Å². The second-order valence-corrected chi connectivity index (χ2v) is 5.57. The van der Waals surface area contributed by atoms with Crippen LogP contribution in [0.4, 0.5) is 0 Å². The molecule has 1 saturated heterocycles. The summed E-state index contributed by atoms with van der Waals surface area (Å²) in [5, 5.41) is 10.1. The van der Waals surface area contributed by atoms with Crippen molar-refractivity contribution < 1.29 is 14.6 Å². The maximum Gasteiger partial charge on any atom is 0.325 e. The van der Waals surface area contributed by atoms with Crippen LogP contribution >= 0.6 is 0 Å². The number of rotatable bonds is 3. The van der Waals surface area contributed by atoms with E-state index in [1.807, 2.05) is 4.90 Å².